The van der Waals surface area contributed by atoms with Gasteiger partial charge in [-0.1, -0.05) is 0 Å². The highest BCUT2D eigenvalue weighted by Crippen LogP contribution is 2.26. The predicted octanol–water partition coefficient (Wildman–Crippen LogP) is 1.78. The smallest absolute Gasteiger partial charge is 0.288 e. The summed E-state index contributed by atoms with van der Waals surface area (Å²) in [6, 6.07) is 1.51. The molecule has 0 aromatic carbocycles. The van der Waals surface area contributed by atoms with Gasteiger partial charge >= 0.3 is 0 Å². The average Bonchev–Trinajstić information content (AvgIpc) is 2.36. The fourth-order valence-corrected chi connectivity index (χ4v) is 2.41. The number of nitrogens with zero attached hydrogens (tertiary/aromatic N) is 3. The van der Waals surface area contributed by atoms with Crippen molar-refractivity contribution in [3.63, 3.8) is 0 Å². The van der Waals surface area contributed by atoms with E-state index < -0.39 is 4.92 Å². The maximum absolute atomic E-state index is 11.4. The summed E-state index contributed by atoms with van der Waals surface area (Å²) in [6.45, 7) is 0.601. The molecule has 0 spiro atoms. The molecule has 7 nitrogen and oxygen atoms in total. The molecule has 1 N–H and O–H groups in total. The zero-order valence-corrected chi connectivity index (χ0v) is 11.9. The molecule has 1 saturated heterocycles. The van der Waals surface area contributed by atoms with Crippen LogP contribution in [0.5, 0.6) is 0 Å². The van der Waals surface area contributed by atoms with Crippen LogP contribution in [0.2, 0.25) is 0 Å². The number of pyridine rings is 1. The van der Waals surface area contributed by atoms with Crippen LogP contribution in [0, 0.1) is 10.1 Å². The lowest BCUT2D eigenvalue weighted by Crippen LogP contribution is -2.43. The number of halogens is 1. The van der Waals surface area contributed by atoms with Crippen molar-refractivity contribution in [3.8, 4) is 0 Å². The molecular weight excluding hydrogens is 316 g/mol. The van der Waals surface area contributed by atoms with Gasteiger partial charge in [-0.3, -0.25) is 14.9 Å². The number of hydrogen-bond donors (Lipinski definition) is 1. The largest absolute Gasteiger partial charge is 0.365 e. The molecule has 1 aliphatic rings. The number of carbonyl (C=O) groups is 1. The quantitative estimate of drug-likeness (QED) is 0.675. The van der Waals surface area contributed by atoms with Crippen molar-refractivity contribution in [2.75, 3.05) is 18.9 Å². The first-order chi connectivity index (χ1) is 8.97. The molecule has 1 aromatic heterocycles. The van der Waals surface area contributed by atoms with Gasteiger partial charge in [0.05, 0.1) is 9.40 Å². The molecule has 2 heterocycles. The molecule has 102 valence electrons. The van der Waals surface area contributed by atoms with E-state index in [9.17, 15) is 14.9 Å². The molecule has 2 rings (SSSR count). The number of amides is 1. The first kappa shape index (κ1) is 13.7. The summed E-state index contributed by atoms with van der Waals surface area (Å²) < 4.78 is 0.543. The van der Waals surface area contributed by atoms with E-state index in [4.69, 9.17) is 0 Å². The lowest BCUT2D eigenvalue weighted by atomic mass is 10.1. The Hall–Kier alpha value is -1.70. The van der Waals surface area contributed by atoms with Gasteiger partial charge < -0.3 is 10.2 Å². The van der Waals surface area contributed by atoms with Crippen LogP contribution in [0.15, 0.2) is 16.7 Å². The van der Waals surface area contributed by atoms with E-state index in [0.717, 1.165) is 6.42 Å². The van der Waals surface area contributed by atoms with Crippen molar-refractivity contribution in [3.05, 3.63) is 26.9 Å². The fourth-order valence-electron chi connectivity index (χ4n) is 1.96. The fraction of sp³-hybridized carbons (Fsp3) is 0.455. The third-order valence-electron chi connectivity index (χ3n) is 3.01. The third kappa shape index (κ3) is 3.19. The summed E-state index contributed by atoms with van der Waals surface area (Å²) in [5.41, 5.74) is -0.0617. The number of piperidine rings is 1. The Morgan fingerprint density at radius 3 is 2.95 bits per heavy atom. The topological polar surface area (TPSA) is 88.4 Å². The molecule has 1 amide bonds. The molecule has 1 atom stereocenters. The van der Waals surface area contributed by atoms with Crippen molar-refractivity contribution in [1.82, 2.24) is 9.88 Å². The van der Waals surface area contributed by atoms with Crippen molar-refractivity contribution in [2.45, 2.75) is 18.9 Å². The Balaban J connectivity index is 2.07. The van der Waals surface area contributed by atoms with Gasteiger partial charge in [0.25, 0.3) is 5.69 Å². The number of carbonyl (C=O) groups excluding carboxylic acids is 1. The van der Waals surface area contributed by atoms with E-state index in [0.29, 0.717) is 23.3 Å². The summed E-state index contributed by atoms with van der Waals surface area (Å²) in [7, 11) is 1.76. The summed E-state index contributed by atoms with van der Waals surface area (Å²) >= 11 is 3.26. The molecule has 1 fully saturated rings. The Morgan fingerprint density at radius 2 is 2.37 bits per heavy atom. The van der Waals surface area contributed by atoms with Crippen molar-refractivity contribution in [1.29, 1.82) is 0 Å². The van der Waals surface area contributed by atoms with Crippen LogP contribution in [0.3, 0.4) is 0 Å². The minimum atomic E-state index is -0.491. The number of likely N-dealkylation sites (tertiary alicyclic amines) is 1. The van der Waals surface area contributed by atoms with Gasteiger partial charge in [0.2, 0.25) is 5.91 Å². The molecular formula is C11H13BrN4O3. The van der Waals surface area contributed by atoms with E-state index in [1.165, 1.54) is 12.3 Å². The lowest BCUT2D eigenvalue weighted by molar-refractivity contribution is -0.385. The van der Waals surface area contributed by atoms with Crippen LogP contribution in [-0.2, 0) is 4.79 Å². The second-order valence-corrected chi connectivity index (χ2v) is 5.29. The third-order valence-corrected chi connectivity index (χ3v) is 3.61. The maximum atomic E-state index is 11.4. The second kappa shape index (κ2) is 5.52. The molecule has 1 aromatic rings. The number of anilines is 1. The van der Waals surface area contributed by atoms with Gasteiger partial charge in [-0.25, -0.2) is 4.98 Å². The normalized spacial score (nSPS) is 19.4. The minimum absolute atomic E-state index is 0.0617. The highest BCUT2D eigenvalue weighted by Gasteiger charge is 2.23. The van der Waals surface area contributed by atoms with Gasteiger partial charge in [-0.05, 0) is 22.4 Å². The Morgan fingerprint density at radius 1 is 1.63 bits per heavy atom. The molecule has 19 heavy (non-hydrogen) atoms. The SMILES string of the molecule is CN1CC(Nc2ncc([N+](=O)[O-])cc2Br)CCC1=O. The zero-order chi connectivity index (χ0) is 14.0. The van der Waals surface area contributed by atoms with Gasteiger partial charge in [0.1, 0.15) is 12.0 Å². The highest BCUT2D eigenvalue weighted by atomic mass is 79.9. The van der Waals surface area contributed by atoms with Crippen LogP contribution in [0.1, 0.15) is 12.8 Å². The molecule has 1 unspecified atom stereocenters. The molecule has 0 aliphatic carbocycles. The lowest BCUT2D eigenvalue weighted by Gasteiger charge is -2.30. The summed E-state index contributed by atoms with van der Waals surface area (Å²) in [6.07, 6.45) is 2.44. The van der Waals surface area contributed by atoms with E-state index in [-0.39, 0.29) is 17.6 Å². The number of rotatable bonds is 3. The number of likely N-dealkylation sites (N-methyl/N-ethyl adjacent to an activating group) is 1. The van der Waals surface area contributed by atoms with Gasteiger partial charge in [-0.2, -0.15) is 0 Å². The van der Waals surface area contributed by atoms with Crippen molar-refractivity contribution < 1.29 is 9.72 Å². The summed E-state index contributed by atoms with van der Waals surface area (Å²) in [5, 5.41) is 13.8. The summed E-state index contributed by atoms with van der Waals surface area (Å²) in [5.74, 6) is 0.687. The van der Waals surface area contributed by atoms with Crippen LogP contribution in [-0.4, -0.2) is 40.3 Å². The first-order valence-corrected chi connectivity index (χ1v) is 6.57. The van der Waals surface area contributed by atoms with Crippen LogP contribution < -0.4 is 5.32 Å². The molecule has 0 bridgehead atoms. The number of nitro groups is 1. The van der Waals surface area contributed by atoms with Crippen molar-refractivity contribution >= 4 is 33.3 Å². The highest BCUT2D eigenvalue weighted by molar-refractivity contribution is 9.10. The standard InChI is InChI=1S/C11H13BrN4O3/c1-15-6-7(2-3-10(15)17)14-11-9(12)4-8(5-13-11)16(18)19/h4-5,7H,2-3,6H2,1H3,(H,13,14). The average molecular weight is 329 g/mol. The van der Waals surface area contributed by atoms with Crippen molar-refractivity contribution in [2.24, 2.45) is 0 Å². The Kier molecular flexibility index (Phi) is 3.98. The molecule has 0 radical (unpaired) electrons. The zero-order valence-electron chi connectivity index (χ0n) is 10.3. The Labute approximate surface area is 118 Å². The van der Waals surface area contributed by atoms with Crippen LogP contribution in [0.4, 0.5) is 11.5 Å². The number of hydrogen-bond acceptors (Lipinski definition) is 5. The summed E-state index contributed by atoms with van der Waals surface area (Å²) in [4.78, 5) is 27.2. The monoisotopic (exact) mass is 328 g/mol. The molecule has 0 saturated carbocycles. The number of nitrogens with one attached hydrogen (secondary N) is 1. The number of aromatic nitrogens is 1. The second-order valence-electron chi connectivity index (χ2n) is 4.44. The molecule has 1 aliphatic heterocycles. The molecule has 8 heteroatoms. The van der Waals surface area contributed by atoms with Gasteiger partial charge in [-0.15, -0.1) is 0 Å². The first-order valence-electron chi connectivity index (χ1n) is 5.78. The van der Waals surface area contributed by atoms with Gasteiger partial charge in [0.15, 0.2) is 0 Å². The minimum Gasteiger partial charge on any atom is -0.365 e. The van der Waals surface area contributed by atoms with Crippen LogP contribution >= 0.6 is 15.9 Å². The van der Waals surface area contributed by atoms with E-state index >= 15 is 0 Å². The van der Waals surface area contributed by atoms with Gasteiger partial charge in [0, 0.05) is 32.1 Å². The van der Waals surface area contributed by atoms with E-state index in [2.05, 4.69) is 26.2 Å². The Bertz CT molecular complexity index is 523. The van der Waals surface area contributed by atoms with E-state index in [1.54, 1.807) is 11.9 Å². The van der Waals surface area contributed by atoms with E-state index in [1.807, 2.05) is 0 Å². The maximum Gasteiger partial charge on any atom is 0.288 e. The predicted molar refractivity (Wildman–Crippen MR) is 72.9 cm³/mol. The van der Waals surface area contributed by atoms with Crippen LogP contribution in [0.25, 0.3) is 0 Å².